The van der Waals surface area contributed by atoms with E-state index in [9.17, 15) is 0 Å². The van der Waals surface area contributed by atoms with Crippen LogP contribution in [0, 0.1) is 20.8 Å². The fourth-order valence-corrected chi connectivity index (χ4v) is 3.56. The van der Waals surface area contributed by atoms with Crippen LogP contribution >= 0.6 is 22.7 Å². The molecule has 1 N–H and O–H groups in total. The minimum absolute atomic E-state index is 0.976. The van der Waals surface area contributed by atoms with Gasteiger partial charge in [-0.3, -0.25) is 0 Å². The smallest absolute Gasteiger partial charge is 0.0219 e. The summed E-state index contributed by atoms with van der Waals surface area (Å²) < 4.78 is 0. The van der Waals surface area contributed by atoms with E-state index >= 15 is 0 Å². The number of aryl methyl sites for hydroxylation is 3. The molecule has 2 aromatic rings. The van der Waals surface area contributed by atoms with Crippen LogP contribution in [-0.4, -0.2) is 0 Å². The van der Waals surface area contributed by atoms with E-state index in [1.54, 1.807) is 11.3 Å². The molecular weight excluding hydrogens is 234 g/mol. The highest BCUT2D eigenvalue weighted by molar-refractivity contribution is 7.12. The van der Waals surface area contributed by atoms with E-state index in [1.807, 2.05) is 11.3 Å². The summed E-state index contributed by atoms with van der Waals surface area (Å²) in [6.07, 6.45) is 0. The van der Waals surface area contributed by atoms with Crippen LogP contribution in [0.25, 0.3) is 0 Å². The van der Waals surface area contributed by atoms with Gasteiger partial charge in [-0.2, -0.15) is 11.3 Å². The van der Waals surface area contributed by atoms with Crippen molar-refractivity contribution in [1.29, 1.82) is 0 Å². The van der Waals surface area contributed by atoms with E-state index < -0.39 is 0 Å². The first kappa shape index (κ1) is 11.8. The minimum Gasteiger partial charge on any atom is -0.309 e. The molecule has 2 rings (SSSR count). The Labute approximate surface area is 105 Å². The Balaban J connectivity index is 1.89. The molecule has 0 fully saturated rings. The summed E-state index contributed by atoms with van der Waals surface area (Å²) in [7, 11) is 0. The van der Waals surface area contributed by atoms with Crippen LogP contribution in [0.1, 0.15) is 26.4 Å². The van der Waals surface area contributed by atoms with Crippen LogP contribution in [0.15, 0.2) is 16.8 Å². The Morgan fingerprint density at radius 3 is 2.38 bits per heavy atom. The molecule has 0 aliphatic heterocycles. The number of hydrogen-bond donors (Lipinski definition) is 1. The Kier molecular flexibility index (Phi) is 3.79. The van der Waals surface area contributed by atoms with Gasteiger partial charge < -0.3 is 5.32 Å². The predicted molar refractivity (Wildman–Crippen MR) is 73.4 cm³/mol. The SMILES string of the molecule is Cc1cc(CNCc2cscc2C)c(C)s1. The molecule has 0 amide bonds. The molecule has 0 aliphatic rings. The molecule has 0 radical (unpaired) electrons. The quantitative estimate of drug-likeness (QED) is 0.865. The van der Waals surface area contributed by atoms with Gasteiger partial charge in [-0.05, 0) is 54.3 Å². The van der Waals surface area contributed by atoms with E-state index in [4.69, 9.17) is 0 Å². The molecule has 0 aromatic carbocycles. The van der Waals surface area contributed by atoms with Crippen LogP contribution in [-0.2, 0) is 13.1 Å². The maximum Gasteiger partial charge on any atom is 0.0219 e. The second-order valence-electron chi connectivity index (χ2n) is 4.12. The summed E-state index contributed by atoms with van der Waals surface area (Å²) in [5.74, 6) is 0. The topological polar surface area (TPSA) is 12.0 Å². The van der Waals surface area contributed by atoms with Crippen LogP contribution in [0.2, 0.25) is 0 Å². The highest BCUT2D eigenvalue weighted by atomic mass is 32.1. The molecule has 0 unspecified atom stereocenters. The lowest BCUT2D eigenvalue weighted by Crippen LogP contribution is -2.12. The van der Waals surface area contributed by atoms with E-state index in [0.29, 0.717) is 0 Å². The molecule has 0 atom stereocenters. The van der Waals surface area contributed by atoms with Gasteiger partial charge in [0.2, 0.25) is 0 Å². The predicted octanol–water partition coefficient (Wildman–Crippen LogP) is 4.02. The third kappa shape index (κ3) is 2.73. The second-order valence-corrected chi connectivity index (χ2v) is 6.33. The van der Waals surface area contributed by atoms with Gasteiger partial charge in [-0.1, -0.05) is 0 Å². The van der Waals surface area contributed by atoms with Crippen LogP contribution < -0.4 is 5.32 Å². The van der Waals surface area contributed by atoms with Crippen molar-refractivity contribution in [1.82, 2.24) is 5.32 Å². The Hall–Kier alpha value is -0.640. The lowest BCUT2D eigenvalue weighted by molar-refractivity contribution is 0.692. The maximum atomic E-state index is 3.51. The van der Waals surface area contributed by atoms with Crippen molar-refractivity contribution in [3.8, 4) is 0 Å². The minimum atomic E-state index is 0.976. The summed E-state index contributed by atoms with van der Waals surface area (Å²) in [6.45, 7) is 8.50. The van der Waals surface area contributed by atoms with Gasteiger partial charge in [-0.15, -0.1) is 11.3 Å². The second kappa shape index (κ2) is 5.13. The third-order valence-corrected chi connectivity index (χ3v) is 4.65. The molecule has 0 spiro atoms. The summed E-state index contributed by atoms with van der Waals surface area (Å²) in [5.41, 5.74) is 4.26. The molecule has 0 saturated heterocycles. The standard InChI is InChI=1S/C13H17NS2/c1-9-7-15-8-13(9)6-14-5-12-4-10(2)16-11(12)3/h4,7-8,14H,5-6H2,1-3H3. The third-order valence-electron chi connectivity index (χ3n) is 2.74. The highest BCUT2D eigenvalue weighted by Crippen LogP contribution is 2.20. The lowest BCUT2D eigenvalue weighted by Gasteiger charge is -2.04. The van der Waals surface area contributed by atoms with Crippen molar-refractivity contribution < 1.29 is 0 Å². The molecule has 0 saturated carbocycles. The van der Waals surface area contributed by atoms with Gasteiger partial charge in [0, 0.05) is 22.8 Å². The Morgan fingerprint density at radius 2 is 1.81 bits per heavy atom. The molecule has 2 heterocycles. The van der Waals surface area contributed by atoms with Crippen molar-refractivity contribution in [2.75, 3.05) is 0 Å². The van der Waals surface area contributed by atoms with Gasteiger partial charge >= 0.3 is 0 Å². The largest absolute Gasteiger partial charge is 0.309 e. The zero-order chi connectivity index (χ0) is 11.5. The number of nitrogens with one attached hydrogen (secondary N) is 1. The number of rotatable bonds is 4. The van der Waals surface area contributed by atoms with Crippen molar-refractivity contribution in [3.63, 3.8) is 0 Å². The molecule has 1 nitrogen and oxygen atoms in total. The van der Waals surface area contributed by atoms with Crippen molar-refractivity contribution in [2.24, 2.45) is 0 Å². The molecule has 0 bridgehead atoms. The van der Waals surface area contributed by atoms with Gasteiger partial charge in [0.05, 0.1) is 0 Å². The van der Waals surface area contributed by atoms with Crippen LogP contribution in [0.5, 0.6) is 0 Å². The molecule has 0 aliphatic carbocycles. The average molecular weight is 251 g/mol. The number of thiophene rings is 2. The zero-order valence-electron chi connectivity index (χ0n) is 9.96. The fraction of sp³-hybridized carbons (Fsp3) is 0.385. The van der Waals surface area contributed by atoms with Gasteiger partial charge in [0.1, 0.15) is 0 Å². The Morgan fingerprint density at radius 1 is 1.06 bits per heavy atom. The molecule has 2 aromatic heterocycles. The molecule has 16 heavy (non-hydrogen) atoms. The zero-order valence-corrected chi connectivity index (χ0v) is 11.6. The first-order valence-electron chi connectivity index (χ1n) is 5.45. The van der Waals surface area contributed by atoms with Gasteiger partial charge in [0.15, 0.2) is 0 Å². The van der Waals surface area contributed by atoms with Gasteiger partial charge in [-0.25, -0.2) is 0 Å². The van der Waals surface area contributed by atoms with Crippen molar-refractivity contribution in [2.45, 2.75) is 33.9 Å². The lowest BCUT2D eigenvalue weighted by atomic mass is 10.2. The summed E-state index contributed by atoms with van der Waals surface area (Å²) >= 11 is 3.66. The van der Waals surface area contributed by atoms with Gasteiger partial charge in [0.25, 0.3) is 0 Å². The number of hydrogen-bond acceptors (Lipinski definition) is 3. The highest BCUT2D eigenvalue weighted by Gasteiger charge is 2.03. The first-order valence-corrected chi connectivity index (χ1v) is 7.21. The molecule has 3 heteroatoms. The van der Waals surface area contributed by atoms with E-state index in [2.05, 4.69) is 42.9 Å². The van der Waals surface area contributed by atoms with Crippen molar-refractivity contribution in [3.05, 3.63) is 43.3 Å². The van der Waals surface area contributed by atoms with Crippen LogP contribution in [0.4, 0.5) is 0 Å². The van der Waals surface area contributed by atoms with E-state index in [0.717, 1.165) is 13.1 Å². The van der Waals surface area contributed by atoms with Crippen LogP contribution in [0.3, 0.4) is 0 Å². The first-order chi connectivity index (χ1) is 7.66. The van der Waals surface area contributed by atoms with Crippen molar-refractivity contribution >= 4 is 22.7 Å². The molecule has 86 valence electrons. The van der Waals surface area contributed by atoms with E-state index in [-0.39, 0.29) is 0 Å². The fourth-order valence-electron chi connectivity index (χ4n) is 1.76. The average Bonchev–Trinajstić information content (AvgIpc) is 2.75. The monoisotopic (exact) mass is 251 g/mol. The summed E-state index contributed by atoms with van der Waals surface area (Å²) in [4.78, 5) is 2.84. The normalized spacial score (nSPS) is 10.9. The summed E-state index contributed by atoms with van der Waals surface area (Å²) in [5, 5.41) is 7.95. The van der Waals surface area contributed by atoms with E-state index in [1.165, 1.54) is 26.4 Å². The maximum absolute atomic E-state index is 3.51. The Bertz CT molecular complexity index is 468. The molecular formula is C13H17NS2. The summed E-state index contributed by atoms with van der Waals surface area (Å²) in [6, 6.07) is 2.29.